The van der Waals surface area contributed by atoms with Crippen molar-refractivity contribution >= 4 is 34.1 Å². The molecule has 0 aliphatic heterocycles. The van der Waals surface area contributed by atoms with Gasteiger partial charge in [-0.3, -0.25) is 10.1 Å². The molecule has 0 aliphatic carbocycles. The zero-order chi connectivity index (χ0) is 15.5. The molecule has 3 aromatic heterocycles. The van der Waals surface area contributed by atoms with E-state index in [1.807, 2.05) is 6.26 Å². The van der Waals surface area contributed by atoms with Crippen molar-refractivity contribution in [3.63, 3.8) is 0 Å². The van der Waals surface area contributed by atoms with E-state index < -0.39 is 0 Å². The third-order valence-corrected chi connectivity index (χ3v) is 4.24. The van der Waals surface area contributed by atoms with Crippen LogP contribution in [-0.2, 0) is 0 Å². The normalized spacial score (nSPS) is 10.6. The van der Waals surface area contributed by atoms with E-state index in [0.717, 1.165) is 0 Å². The summed E-state index contributed by atoms with van der Waals surface area (Å²) >= 11 is 2.75. The quantitative estimate of drug-likeness (QED) is 0.582. The predicted octanol–water partition coefficient (Wildman–Crippen LogP) is 3.48. The molecule has 22 heavy (non-hydrogen) atoms. The topological polar surface area (TPSA) is 80.9 Å². The first-order chi connectivity index (χ1) is 10.7. The van der Waals surface area contributed by atoms with Crippen LogP contribution in [0.3, 0.4) is 0 Å². The van der Waals surface area contributed by atoms with Gasteiger partial charge in [0, 0.05) is 11.6 Å². The molecular formula is C14H12N4O2S2. The minimum atomic E-state index is -0.261. The fourth-order valence-electron chi connectivity index (χ4n) is 1.92. The third kappa shape index (κ3) is 2.88. The molecule has 8 heteroatoms. The Morgan fingerprint density at radius 2 is 2.27 bits per heavy atom. The highest BCUT2D eigenvalue weighted by Gasteiger charge is 2.20. The van der Waals surface area contributed by atoms with Gasteiger partial charge in [-0.1, -0.05) is 0 Å². The molecule has 1 N–H and O–H groups in total. The van der Waals surface area contributed by atoms with Gasteiger partial charge in [0.1, 0.15) is 5.03 Å². The van der Waals surface area contributed by atoms with Gasteiger partial charge in [-0.15, -0.1) is 23.1 Å². The largest absolute Gasteiger partial charge is 0.461 e. The van der Waals surface area contributed by atoms with E-state index in [9.17, 15) is 4.79 Å². The van der Waals surface area contributed by atoms with Gasteiger partial charge in [-0.05, 0) is 25.3 Å². The van der Waals surface area contributed by atoms with Crippen LogP contribution < -0.4 is 5.32 Å². The first-order valence-corrected chi connectivity index (χ1v) is 8.47. The van der Waals surface area contributed by atoms with Gasteiger partial charge >= 0.3 is 0 Å². The van der Waals surface area contributed by atoms with Gasteiger partial charge in [-0.2, -0.15) is 0 Å². The average Bonchev–Trinajstić information content (AvgIpc) is 3.19. The Morgan fingerprint density at radius 3 is 2.91 bits per heavy atom. The number of carbonyl (C=O) groups excluding carboxylic acids is 1. The van der Waals surface area contributed by atoms with Crippen LogP contribution in [-0.4, -0.2) is 27.1 Å². The van der Waals surface area contributed by atoms with E-state index in [0.29, 0.717) is 33.0 Å². The van der Waals surface area contributed by atoms with Crippen LogP contribution in [0, 0.1) is 6.92 Å². The first kappa shape index (κ1) is 14.7. The molecule has 0 aliphatic rings. The van der Waals surface area contributed by atoms with Crippen molar-refractivity contribution in [2.24, 2.45) is 0 Å². The summed E-state index contributed by atoms with van der Waals surface area (Å²) in [6, 6.07) is 3.56. The molecule has 1 amide bonds. The average molecular weight is 332 g/mol. The Balaban J connectivity index is 1.98. The fraction of sp³-hybridized carbons (Fsp3) is 0.143. The van der Waals surface area contributed by atoms with Crippen molar-refractivity contribution < 1.29 is 9.21 Å². The Hall–Kier alpha value is -2.19. The van der Waals surface area contributed by atoms with Crippen LogP contribution in [0.1, 0.15) is 16.1 Å². The lowest BCUT2D eigenvalue weighted by molar-refractivity contribution is 0.102. The second-order valence-corrected chi connectivity index (χ2v) is 5.98. The Labute approximate surface area is 135 Å². The number of hydrogen-bond acceptors (Lipinski definition) is 7. The molecule has 0 aromatic carbocycles. The predicted molar refractivity (Wildman–Crippen MR) is 86.3 cm³/mol. The van der Waals surface area contributed by atoms with Gasteiger partial charge in [-0.25, -0.2) is 15.0 Å². The van der Waals surface area contributed by atoms with E-state index in [-0.39, 0.29) is 5.91 Å². The molecule has 0 fully saturated rings. The Kier molecular flexibility index (Phi) is 4.21. The Bertz CT molecular complexity index is 786. The number of aryl methyl sites for hydroxylation is 1. The van der Waals surface area contributed by atoms with Gasteiger partial charge in [0.2, 0.25) is 0 Å². The molecule has 0 atom stereocenters. The highest BCUT2D eigenvalue weighted by molar-refractivity contribution is 7.98. The smallest absolute Gasteiger partial charge is 0.262 e. The first-order valence-electron chi connectivity index (χ1n) is 6.36. The van der Waals surface area contributed by atoms with E-state index in [1.54, 1.807) is 36.9 Å². The van der Waals surface area contributed by atoms with E-state index in [4.69, 9.17) is 4.42 Å². The van der Waals surface area contributed by atoms with Crippen LogP contribution in [0.15, 0.2) is 39.4 Å². The maximum atomic E-state index is 12.4. The van der Waals surface area contributed by atoms with Crippen molar-refractivity contribution in [3.05, 3.63) is 41.2 Å². The summed E-state index contributed by atoms with van der Waals surface area (Å²) in [5.41, 5.74) is 1.05. The van der Waals surface area contributed by atoms with Crippen LogP contribution >= 0.6 is 23.1 Å². The number of amides is 1. The summed E-state index contributed by atoms with van der Waals surface area (Å²) in [5.74, 6) is 0.783. The lowest BCUT2D eigenvalue weighted by Crippen LogP contribution is -2.16. The van der Waals surface area contributed by atoms with E-state index >= 15 is 0 Å². The van der Waals surface area contributed by atoms with E-state index in [1.165, 1.54) is 23.1 Å². The molecule has 0 unspecified atom stereocenters. The molecule has 3 aromatic rings. The van der Waals surface area contributed by atoms with Gasteiger partial charge in [0.05, 0.1) is 17.5 Å². The number of thiazole rings is 1. The zero-order valence-electron chi connectivity index (χ0n) is 11.9. The summed E-state index contributed by atoms with van der Waals surface area (Å²) in [5, 5.41) is 5.71. The minimum Gasteiger partial charge on any atom is -0.461 e. The number of aromatic nitrogens is 3. The number of anilines is 1. The van der Waals surface area contributed by atoms with E-state index in [2.05, 4.69) is 20.3 Å². The second-order valence-electron chi connectivity index (χ2n) is 4.29. The molecule has 3 rings (SSSR count). The number of carbonyl (C=O) groups is 1. The summed E-state index contributed by atoms with van der Waals surface area (Å²) in [7, 11) is 0. The molecule has 112 valence electrons. The fourth-order valence-corrected chi connectivity index (χ4v) is 3.06. The number of furan rings is 1. The van der Waals surface area contributed by atoms with Gasteiger partial charge in [0.25, 0.3) is 5.91 Å². The highest BCUT2D eigenvalue weighted by Crippen LogP contribution is 2.26. The molecule has 0 saturated carbocycles. The number of nitrogens with zero attached hydrogens (tertiary/aromatic N) is 3. The van der Waals surface area contributed by atoms with Crippen molar-refractivity contribution in [1.29, 1.82) is 0 Å². The molecule has 0 saturated heterocycles. The number of hydrogen-bond donors (Lipinski definition) is 1. The number of rotatable bonds is 4. The lowest BCUT2D eigenvalue weighted by Gasteiger charge is -2.10. The van der Waals surface area contributed by atoms with Crippen molar-refractivity contribution in [3.8, 4) is 11.6 Å². The number of nitrogens with one attached hydrogen (secondary N) is 1. The third-order valence-electron chi connectivity index (χ3n) is 2.87. The van der Waals surface area contributed by atoms with Gasteiger partial charge < -0.3 is 4.42 Å². The van der Waals surface area contributed by atoms with Crippen LogP contribution in [0.4, 0.5) is 5.13 Å². The standard InChI is InChI=1S/C14H12N4O2S2/c1-8-10(12(19)18-14-15-5-7-22-14)13(21-2)17-11(16-8)9-4-3-6-20-9/h3-7H,1-2H3,(H,15,18,19). The summed E-state index contributed by atoms with van der Waals surface area (Å²) < 4.78 is 5.32. The second kappa shape index (κ2) is 6.29. The summed E-state index contributed by atoms with van der Waals surface area (Å²) in [4.78, 5) is 25.3. The van der Waals surface area contributed by atoms with Crippen molar-refractivity contribution in [1.82, 2.24) is 15.0 Å². The van der Waals surface area contributed by atoms with Gasteiger partial charge in [0.15, 0.2) is 16.7 Å². The zero-order valence-corrected chi connectivity index (χ0v) is 13.5. The molecule has 0 bridgehead atoms. The van der Waals surface area contributed by atoms with Crippen LogP contribution in [0.5, 0.6) is 0 Å². The molecule has 0 radical (unpaired) electrons. The summed E-state index contributed by atoms with van der Waals surface area (Å²) in [6.07, 6.45) is 5.07. The van der Waals surface area contributed by atoms with Crippen molar-refractivity contribution in [2.75, 3.05) is 11.6 Å². The highest BCUT2D eigenvalue weighted by atomic mass is 32.2. The monoisotopic (exact) mass is 332 g/mol. The molecule has 0 spiro atoms. The van der Waals surface area contributed by atoms with Crippen LogP contribution in [0.25, 0.3) is 11.6 Å². The molecule has 3 heterocycles. The number of thioether (sulfide) groups is 1. The maximum Gasteiger partial charge on any atom is 0.262 e. The minimum absolute atomic E-state index is 0.261. The van der Waals surface area contributed by atoms with Crippen LogP contribution in [0.2, 0.25) is 0 Å². The lowest BCUT2D eigenvalue weighted by atomic mass is 10.2. The Morgan fingerprint density at radius 1 is 1.41 bits per heavy atom. The summed E-state index contributed by atoms with van der Waals surface area (Å²) in [6.45, 7) is 1.78. The molecular weight excluding hydrogens is 320 g/mol. The maximum absolute atomic E-state index is 12.4. The van der Waals surface area contributed by atoms with Crippen molar-refractivity contribution in [2.45, 2.75) is 11.9 Å². The SMILES string of the molecule is CSc1nc(-c2ccco2)nc(C)c1C(=O)Nc1nccs1. The molecule has 6 nitrogen and oxygen atoms in total.